The Morgan fingerprint density at radius 1 is 1.48 bits per heavy atom. The maximum absolute atomic E-state index is 12.6. The van der Waals surface area contributed by atoms with Crippen molar-refractivity contribution in [3.8, 4) is 6.07 Å². The predicted molar refractivity (Wildman–Crippen MR) is 77.2 cm³/mol. The first-order chi connectivity index (χ1) is 9.93. The van der Waals surface area contributed by atoms with Crippen molar-refractivity contribution in [2.24, 2.45) is 22.1 Å². The van der Waals surface area contributed by atoms with Crippen LogP contribution in [-0.2, 0) is 4.79 Å². The number of nitrogens with two attached hydrogens (primary N) is 1. The van der Waals surface area contributed by atoms with Crippen LogP contribution in [0.1, 0.15) is 38.4 Å². The Labute approximate surface area is 123 Å². The van der Waals surface area contributed by atoms with Gasteiger partial charge in [-0.2, -0.15) is 5.26 Å². The Kier molecular flexibility index (Phi) is 2.98. The summed E-state index contributed by atoms with van der Waals surface area (Å²) in [6.07, 6.45) is 2.68. The number of allylic oxidation sites excluding steroid dienone is 2. The van der Waals surface area contributed by atoms with Gasteiger partial charge in [-0.05, 0) is 24.0 Å². The number of carbonyl (C=O) groups excluding carboxylic acids is 1. The number of nitrogens with zero attached hydrogens (tertiary/aromatic N) is 2. The summed E-state index contributed by atoms with van der Waals surface area (Å²) in [5.41, 5.74) is 7.15. The molecule has 1 aromatic heterocycles. The average Bonchev–Trinajstić information content (AvgIpc) is 2.88. The molecule has 0 aromatic carbocycles. The molecule has 1 aliphatic heterocycles. The summed E-state index contributed by atoms with van der Waals surface area (Å²) in [6.45, 7) is 4.08. The second-order valence-corrected chi connectivity index (χ2v) is 6.44. The van der Waals surface area contributed by atoms with E-state index in [0.29, 0.717) is 29.9 Å². The van der Waals surface area contributed by atoms with Crippen molar-refractivity contribution in [3.05, 3.63) is 35.4 Å². The molecule has 0 amide bonds. The largest absolute Gasteiger partial charge is 0.469 e. The van der Waals surface area contributed by atoms with Crippen LogP contribution >= 0.6 is 0 Å². The lowest BCUT2D eigenvalue weighted by Crippen LogP contribution is -2.38. The zero-order valence-corrected chi connectivity index (χ0v) is 12.1. The molecule has 1 aromatic rings. The number of furan rings is 1. The number of hydrogen-bond acceptors (Lipinski definition) is 5. The second kappa shape index (κ2) is 4.59. The number of ketones is 1. The van der Waals surface area contributed by atoms with E-state index in [0.717, 1.165) is 0 Å². The van der Waals surface area contributed by atoms with E-state index in [1.54, 1.807) is 18.4 Å². The van der Waals surface area contributed by atoms with Gasteiger partial charge in [-0.3, -0.25) is 4.79 Å². The van der Waals surface area contributed by atoms with Crippen LogP contribution in [0.4, 0.5) is 0 Å². The molecule has 21 heavy (non-hydrogen) atoms. The molecule has 108 valence electrons. The summed E-state index contributed by atoms with van der Waals surface area (Å²) in [6, 6.07) is 5.70. The fourth-order valence-electron chi connectivity index (χ4n) is 3.23. The molecule has 0 radical (unpaired) electrons. The third kappa shape index (κ3) is 2.17. The molecule has 0 saturated carbocycles. The van der Waals surface area contributed by atoms with Gasteiger partial charge in [-0.25, -0.2) is 4.99 Å². The van der Waals surface area contributed by atoms with Crippen LogP contribution in [0.5, 0.6) is 0 Å². The highest BCUT2D eigenvalue weighted by Crippen LogP contribution is 2.46. The minimum absolute atomic E-state index is 0.0409. The first-order valence-electron chi connectivity index (χ1n) is 6.96. The summed E-state index contributed by atoms with van der Waals surface area (Å²) >= 11 is 0. The summed E-state index contributed by atoms with van der Waals surface area (Å²) in [4.78, 5) is 17.0. The van der Waals surface area contributed by atoms with Crippen molar-refractivity contribution in [1.82, 2.24) is 0 Å². The van der Waals surface area contributed by atoms with Crippen LogP contribution < -0.4 is 5.73 Å². The van der Waals surface area contributed by atoms with Crippen molar-refractivity contribution >= 4 is 11.6 Å². The van der Waals surface area contributed by atoms with Gasteiger partial charge in [0, 0.05) is 12.0 Å². The molecule has 2 aliphatic rings. The van der Waals surface area contributed by atoms with Crippen molar-refractivity contribution < 1.29 is 9.21 Å². The van der Waals surface area contributed by atoms with Crippen molar-refractivity contribution in [1.29, 1.82) is 5.26 Å². The standard InChI is InChI=1S/C16H17N3O2/c1-16(2)6-10-14(11(20)7-16)13(12-4-3-5-21-12)9(8-17)15(18)19-10/h3-5,9,13H,6-7H2,1-2H3,(H2,18,19)/t9?,13-/m0/s1. The highest BCUT2D eigenvalue weighted by Gasteiger charge is 2.44. The number of carbonyl (C=O) groups is 1. The van der Waals surface area contributed by atoms with Gasteiger partial charge < -0.3 is 10.2 Å². The zero-order valence-electron chi connectivity index (χ0n) is 12.1. The molecule has 1 unspecified atom stereocenters. The monoisotopic (exact) mass is 283 g/mol. The van der Waals surface area contributed by atoms with E-state index in [9.17, 15) is 10.1 Å². The molecular weight excluding hydrogens is 266 g/mol. The average molecular weight is 283 g/mol. The van der Waals surface area contributed by atoms with Gasteiger partial charge in [-0.1, -0.05) is 13.8 Å². The predicted octanol–water partition coefficient (Wildman–Crippen LogP) is 2.52. The second-order valence-electron chi connectivity index (χ2n) is 6.44. The first kappa shape index (κ1) is 13.6. The van der Waals surface area contributed by atoms with Crippen molar-refractivity contribution in [3.63, 3.8) is 0 Å². The Morgan fingerprint density at radius 2 is 2.24 bits per heavy atom. The molecule has 5 heteroatoms. The Bertz CT molecular complexity index is 690. The molecule has 5 nitrogen and oxygen atoms in total. The van der Waals surface area contributed by atoms with Crippen LogP contribution in [-0.4, -0.2) is 11.6 Å². The van der Waals surface area contributed by atoms with Crippen LogP contribution in [0.25, 0.3) is 0 Å². The van der Waals surface area contributed by atoms with Crippen molar-refractivity contribution in [2.75, 3.05) is 0 Å². The fourth-order valence-corrected chi connectivity index (χ4v) is 3.23. The molecular formula is C16H17N3O2. The summed E-state index contributed by atoms with van der Waals surface area (Å²) in [5.74, 6) is -0.191. The van der Waals surface area contributed by atoms with E-state index in [2.05, 4.69) is 11.1 Å². The molecule has 3 rings (SSSR count). The minimum atomic E-state index is -0.653. The molecule has 2 atom stereocenters. The molecule has 0 spiro atoms. The highest BCUT2D eigenvalue weighted by molar-refractivity contribution is 6.02. The minimum Gasteiger partial charge on any atom is -0.469 e. The van der Waals surface area contributed by atoms with E-state index in [-0.39, 0.29) is 17.0 Å². The molecule has 0 fully saturated rings. The van der Waals surface area contributed by atoms with Gasteiger partial charge in [0.15, 0.2) is 5.78 Å². The molecule has 0 saturated heterocycles. The maximum atomic E-state index is 12.6. The Balaban J connectivity index is 2.17. The summed E-state index contributed by atoms with van der Waals surface area (Å²) in [7, 11) is 0. The van der Waals surface area contributed by atoms with Crippen LogP contribution in [0.3, 0.4) is 0 Å². The van der Waals surface area contributed by atoms with E-state index in [4.69, 9.17) is 10.2 Å². The van der Waals surface area contributed by atoms with E-state index >= 15 is 0 Å². The number of rotatable bonds is 1. The lowest BCUT2D eigenvalue weighted by molar-refractivity contribution is -0.118. The number of aliphatic imine (C=N–C) groups is 1. The molecule has 2 heterocycles. The van der Waals surface area contributed by atoms with Gasteiger partial charge in [0.2, 0.25) is 0 Å². The summed E-state index contributed by atoms with van der Waals surface area (Å²) in [5, 5.41) is 9.42. The van der Waals surface area contributed by atoms with Gasteiger partial charge in [0.1, 0.15) is 17.5 Å². The molecule has 1 aliphatic carbocycles. The topological polar surface area (TPSA) is 92.4 Å². The zero-order chi connectivity index (χ0) is 15.2. The first-order valence-corrected chi connectivity index (χ1v) is 6.96. The lowest BCUT2D eigenvalue weighted by atomic mass is 9.69. The van der Waals surface area contributed by atoms with E-state index in [1.165, 1.54) is 0 Å². The van der Waals surface area contributed by atoms with Gasteiger partial charge in [0.05, 0.1) is 23.9 Å². The van der Waals surface area contributed by atoms with Crippen molar-refractivity contribution in [2.45, 2.75) is 32.6 Å². The van der Waals surface area contributed by atoms with Gasteiger partial charge in [-0.15, -0.1) is 0 Å². The van der Waals surface area contributed by atoms with Crippen LogP contribution in [0.2, 0.25) is 0 Å². The van der Waals surface area contributed by atoms with Gasteiger partial charge in [0.25, 0.3) is 0 Å². The third-order valence-corrected chi connectivity index (χ3v) is 4.11. The van der Waals surface area contributed by atoms with E-state index < -0.39 is 11.8 Å². The number of hydrogen-bond donors (Lipinski definition) is 1. The number of amidine groups is 1. The maximum Gasteiger partial charge on any atom is 0.162 e. The smallest absolute Gasteiger partial charge is 0.162 e. The summed E-state index contributed by atoms with van der Waals surface area (Å²) < 4.78 is 5.45. The highest BCUT2D eigenvalue weighted by atomic mass is 16.3. The number of nitriles is 1. The van der Waals surface area contributed by atoms with E-state index in [1.807, 2.05) is 13.8 Å². The Morgan fingerprint density at radius 3 is 2.86 bits per heavy atom. The molecule has 2 N–H and O–H groups in total. The van der Waals surface area contributed by atoms with Gasteiger partial charge >= 0.3 is 0 Å². The number of Topliss-reactive ketones (excluding diaryl/α,β-unsaturated/α-hetero) is 1. The fraction of sp³-hybridized carbons (Fsp3) is 0.438. The SMILES string of the molecule is CC1(C)CC(=O)C2=C(C1)N=C(N)C(C#N)[C@H]2c1ccco1. The normalized spacial score (nSPS) is 27.9. The third-order valence-electron chi connectivity index (χ3n) is 4.11. The lowest BCUT2D eigenvalue weighted by Gasteiger charge is -2.36. The molecule has 0 bridgehead atoms. The van der Waals surface area contributed by atoms with Crippen LogP contribution in [0, 0.1) is 22.7 Å². The Hall–Kier alpha value is -2.35. The van der Waals surface area contributed by atoms with Crippen LogP contribution in [0.15, 0.2) is 39.1 Å². The quantitative estimate of drug-likeness (QED) is 0.857.